The number of piperidine rings is 1. The molecule has 9 nitrogen and oxygen atoms in total. The highest BCUT2D eigenvalue weighted by Crippen LogP contribution is 2.32. The number of carbonyl (C=O) groups is 3. The zero-order chi connectivity index (χ0) is 27.0. The molecule has 1 unspecified atom stereocenters. The Hall–Kier alpha value is -3.43. The molecule has 2 aromatic carbocycles. The molecule has 0 saturated carbocycles. The van der Waals surface area contributed by atoms with Gasteiger partial charge in [0.1, 0.15) is 12.1 Å². The van der Waals surface area contributed by atoms with Crippen molar-refractivity contribution >= 4 is 18.0 Å². The van der Waals surface area contributed by atoms with E-state index in [1.165, 1.54) is 11.8 Å². The molecule has 1 aliphatic heterocycles. The summed E-state index contributed by atoms with van der Waals surface area (Å²) in [5, 5.41) is 11.5. The number of hydrogen-bond donors (Lipinski definition) is 2. The van der Waals surface area contributed by atoms with Crippen molar-refractivity contribution in [1.29, 1.82) is 0 Å². The highest BCUT2D eigenvalue weighted by atomic mass is 16.7. The number of esters is 2. The van der Waals surface area contributed by atoms with Crippen molar-refractivity contribution in [2.75, 3.05) is 13.1 Å². The molecule has 3 N–H and O–H groups in total. The molecule has 3 rings (SSSR count). The Labute approximate surface area is 217 Å². The maximum atomic E-state index is 13.3. The van der Waals surface area contributed by atoms with Gasteiger partial charge in [0.25, 0.3) is 0 Å². The summed E-state index contributed by atoms with van der Waals surface area (Å²) >= 11 is 0. The van der Waals surface area contributed by atoms with Crippen molar-refractivity contribution in [2.45, 2.75) is 64.1 Å². The summed E-state index contributed by atoms with van der Waals surface area (Å²) in [7, 11) is 0. The second-order valence-electron chi connectivity index (χ2n) is 9.66. The molecule has 2 aromatic rings. The quantitative estimate of drug-likeness (QED) is 0.387. The third kappa shape index (κ3) is 7.30. The van der Waals surface area contributed by atoms with E-state index in [0.717, 1.165) is 0 Å². The maximum absolute atomic E-state index is 13.3. The van der Waals surface area contributed by atoms with Crippen LogP contribution in [0.3, 0.4) is 0 Å². The van der Waals surface area contributed by atoms with Crippen molar-refractivity contribution in [2.24, 2.45) is 11.7 Å². The van der Waals surface area contributed by atoms with Gasteiger partial charge in [0, 0.05) is 32.9 Å². The van der Waals surface area contributed by atoms with Gasteiger partial charge in [-0.25, -0.2) is 9.59 Å². The molecule has 0 radical (unpaired) electrons. The highest BCUT2D eigenvalue weighted by molar-refractivity contribution is 5.85. The monoisotopic (exact) mass is 512 g/mol. The third-order valence-electron chi connectivity index (χ3n) is 6.23. The number of nitrogens with zero attached hydrogens (tertiary/aromatic N) is 1. The summed E-state index contributed by atoms with van der Waals surface area (Å²) in [6.07, 6.45) is -0.995. The van der Waals surface area contributed by atoms with E-state index >= 15 is 0 Å². The predicted molar refractivity (Wildman–Crippen MR) is 136 cm³/mol. The van der Waals surface area contributed by atoms with Crippen LogP contribution in [0.2, 0.25) is 0 Å². The first-order valence-electron chi connectivity index (χ1n) is 12.6. The number of aliphatic hydroxyl groups is 1. The molecule has 9 heteroatoms. The average molecular weight is 513 g/mol. The zero-order valence-electron chi connectivity index (χ0n) is 21.5. The Kier molecular flexibility index (Phi) is 9.66. The lowest BCUT2D eigenvalue weighted by Crippen LogP contribution is -2.46. The van der Waals surface area contributed by atoms with Gasteiger partial charge < -0.3 is 30.0 Å². The molecule has 200 valence electrons. The minimum absolute atomic E-state index is 0.229. The summed E-state index contributed by atoms with van der Waals surface area (Å²) in [5.74, 6) is -1.17. The molecule has 1 fully saturated rings. The van der Waals surface area contributed by atoms with Crippen LogP contribution in [0.4, 0.5) is 4.79 Å². The standard InChI is InChI=1S/C28H36N2O7/c1-19(2)18-24(29)25(31)35-20(3)36-27(33)30-16-14-23(15-17-30)37-26(32)28(34,21-10-6-4-7-11-21)22-12-8-5-9-13-22/h4-13,19-20,23-24,34H,14-18,29H2,1-3H3/t20?,24-/m0/s1. The van der Waals surface area contributed by atoms with E-state index in [4.69, 9.17) is 19.9 Å². The third-order valence-corrected chi connectivity index (χ3v) is 6.23. The molecule has 0 spiro atoms. The fraction of sp³-hybridized carbons (Fsp3) is 0.464. The normalized spacial score (nSPS) is 16.1. The van der Waals surface area contributed by atoms with Crippen LogP contribution >= 0.6 is 0 Å². The van der Waals surface area contributed by atoms with Gasteiger partial charge in [0.05, 0.1) is 0 Å². The van der Waals surface area contributed by atoms with Crippen LogP contribution in [0.5, 0.6) is 0 Å². The van der Waals surface area contributed by atoms with Crippen LogP contribution < -0.4 is 5.73 Å². The highest BCUT2D eigenvalue weighted by Gasteiger charge is 2.43. The molecule has 1 heterocycles. The Morgan fingerprint density at radius 1 is 0.946 bits per heavy atom. The molecule has 37 heavy (non-hydrogen) atoms. The second-order valence-corrected chi connectivity index (χ2v) is 9.66. The van der Waals surface area contributed by atoms with Gasteiger partial charge in [-0.1, -0.05) is 74.5 Å². The van der Waals surface area contributed by atoms with E-state index in [9.17, 15) is 19.5 Å². The number of hydrogen-bond acceptors (Lipinski definition) is 8. The van der Waals surface area contributed by atoms with Gasteiger partial charge in [-0.3, -0.25) is 4.79 Å². The zero-order valence-corrected chi connectivity index (χ0v) is 21.5. The van der Waals surface area contributed by atoms with Crippen LogP contribution in [-0.2, 0) is 29.4 Å². The van der Waals surface area contributed by atoms with Crippen LogP contribution in [0.25, 0.3) is 0 Å². The van der Waals surface area contributed by atoms with Crippen molar-refractivity contribution in [3.8, 4) is 0 Å². The largest absolute Gasteiger partial charge is 0.460 e. The van der Waals surface area contributed by atoms with E-state index in [-0.39, 0.29) is 19.0 Å². The summed E-state index contributed by atoms with van der Waals surface area (Å²) in [4.78, 5) is 39.3. The summed E-state index contributed by atoms with van der Waals surface area (Å²) < 4.78 is 16.1. The average Bonchev–Trinajstić information content (AvgIpc) is 2.89. The minimum atomic E-state index is -1.96. The molecule has 1 aliphatic rings. The molecular weight excluding hydrogens is 476 g/mol. The Morgan fingerprint density at radius 2 is 1.46 bits per heavy atom. The Bertz CT molecular complexity index is 998. The maximum Gasteiger partial charge on any atom is 0.412 e. The second kappa shape index (κ2) is 12.7. The van der Waals surface area contributed by atoms with Crippen LogP contribution in [0.1, 0.15) is 51.2 Å². The first-order valence-corrected chi connectivity index (χ1v) is 12.6. The van der Waals surface area contributed by atoms with Gasteiger partial charge in [-0.05, 0) is 23.5 Å². The topological polar surface area (TPSA) is 128 Å². The van der Waals surface area contributed by atoms with E-state index in [1.807, 2.05) is 13.8 Å². The fourth-order valence-corrected chi connectivity index (χ4v) is 4.25. The lowest BCUT2D eigenvalue weighted by atomic mass is 9.86. The smallest absolute Gasteiger partial charge is 0.412 e. The van der Waals surface area contributed by atoms with E-state index in [1.54, 1.807) is 60.7 Å². The SMILES string of the molecule is CC(C)C[C@H](N)C(=O)OC(C)OC(=O)N1CCC(OC(=O)C(O)(c2ccccc2)c2ccccc2)CC1. The lowest BCUT2D eigenvalue weighted by Gasteiger charge is -2.34. The molecule has 1 saturated heterocycles. The molecular formula is C28H36N2O7. The molecule has 0 aliphatic carbocycles. The number of nitrogens with two attached hydrogens (primary N) is 1. The molecule has 0 bridgehead atoms. The summed E-state index contributed by atoms with van der Waals surface area (Å²) in [6.45, 7) is 5.90. The van der Waals surface area contributed by atoms with Crippen molar-refractivity contribution < 1.29 is 33.7 Å². The van der Waals surface area contributed by atoms with Crippen molar-refractivity contribution in [3.05, 3.63) is 71.8 Å². The fourth-order valence-electron chi connectivity index (χ4n) is 4.25. The van der Waals surface area contributed by atoms with Crippen molar-refractivity contribution in [3.63, 3.8) is 0 Å². The van der Waals surface area contributed by atoms with E-state index in [2.05, 4.69) is 0 Å². The molecule has 1 amide bonds. The van der Waals surface area contributed by atoms with Crippen LogP contribution in [0, 0.1) is 5.92 Å². The first-order chi connectivity index (χ1) is 17.6. The lowest BCUT2D eigenvalue weighted by molar-refractivity contribution is -0.170. The number of amides is 1. The minimum Gasteiger partial charge on any atom is -0.460 e. The first kappa shape index (κ1) is 28.1. The van der Waals surface area contributed by atoms with Gasteiger partial charge in [-0.15, -0.1) is 0 Å². The number of carbonyl (C=O) groups excluding carboxylic acids is 3. The molecule has 2 atom stereocenters. The number of ether oxygens (including phenoxy) is 3. The van der Waals surface area contributed by atoms with Crippen molar-refractivity contribution in [1.82, 2.24) is 4.90 Å². The number of rotatable bonds is 9. The van der Waals surface area contributed by atoms with Gasteiger partial charge in [-0.2, -0.15) is 0 Å². The molecule has 0 aromatic heterocycles. The predicted octanol–water partition coefficient (Wildman–Crippen LogP) is 3.33. The van der Waals surface area contributed by atoms with Crippen LogP contribution in [0.15, 0.2) is 60.7 Å². The Balaban J connectivity index is 1.55. The van der Waals surface area contributed by atoms with Gasteiger partial charge >= 0.3 is 18.0 Å². The van der Waals surface area contributed by atoms with Gasteiger partial charge in [0.2, 0.25) is 11.9 Å². The summed E-state index contributed by atoms with van der Waals surface area (Å²) in [5.41, 5.74) is 4.66. The van der Waals surface area contributed by atoms with Crippen LogP contribution in [-0.4, -0.2) is 59.6 Å². The summed E-state index contributed by atoms with van der Waals surface area (Å²) in [6, 6.07) is 16.5. The number of benzene rings is 2. The van der Waals surface area contributed by atoms with E-state index in [0.29, 0.717) is 30.4 Å². The van der Waals surface area contributed by atoms with E-state index < -0.39 is 42.1 Å². The number of likely N-dealkylation sites (tertiary alicyclic amines) is 1. The Morgan fingerprint density at radius 3 is 1.95 bits per heavy atom. The van der Waals surface area contributed by atoms with Gasteiger partial charge in [0.15, 0.2) is 0 Å².